The lowest BCUT2D eigenvalue weighted by Crippen LogP contribution is -2.48. The number of rotatable bonds is 6. The lowest BCUT2D eigenvalue weighted by Gasteiger charge is -2.34. The van der Waals surface area contributed by atoms with E-state index in [4.69, 9.17) is 16.3 Å². The fourth-order valence-electron chi connectivity index (χ4n) is 4.03. The minimum Gasteiger partial charge on any atom is -0.497 e. The van der Waals surface area contributed by atoms with Crippen LogP contribution in [-0.2, 0) is 11.3 Å². The summed E-state index contributed by atoms with van der Waals surface area (Å²) in [7, 11) is 1.64. The van der Waals surface area contributed by atoms with Gasteiger partial charge in [-0.05, 0) is 49.2 Å². The van der Waals surface area contributed by atoms with Crippen LogP contribution in [0.1, 0.15) is 16.7 Å². The minimum absolute atomic E-state index is 0.0318. The first-order valence-electron chi connectivity index (χ1n) is 10.9. The van der Waals surface area contributed by atoms with Crippen molar-refractivity contribution >= 4 is 34.1 Å². The lowest BCUT2D eigenvalue weighted by atomic mass is 10.1. The summed E-state index contributed by atoms with van der Waals surface area (Å²) in [6.45, 7) is 8.69. The zero-order valence-corrected chi connectivity index (χ0v) is 19.6. The Labute approximate surface area is 194 Å². The van der Waals surface area contributed by atoms with Crippen LogP contribution in [0.3, 0.4) is 0 Å². The van der Waals surface area contributed by atoms with Gasteiger partial charge >= 0.3 is 0 Å². The molecule has 1 amide bonds. The molecule has 1 aliphatic heterocycles. The highest BCUT2D eigenvalue weighted by Crippen LogP contribution is 2.25. The first-order chi connectivity index (χ1) is 15.4. The van der Waals surface area contributed by atoms with Crippen LogP contribution in [0.2, 0.25) is 5.15 Å². The van der Waals surface area contributed by atoms with Crippen LogP contribution in [0.25, 0.3) is 10.9 Å². The molecule has 1 saturated heterocycles. The van der Waals surface area contributed by atoms with Crippen molar-refractivity contribution in [2.75, 3.05) is 45.2 Å². The van der Waals surface area contributed by atoms with E-state index >= 15 is 0 Å². The van der Waals surface area contributed by atoms with Gasteiger partial charge in [-0.25, -0.2) is 4.98 Å². The summed E-state index contributed by atoms with van der Waals surface area (Å²) >= 11 is 6.47. The maximum atomic E-state index is 12.5. The number of aryl methyl sites for hydroxylation is 1. The molecule has 2 heterocycles. The quantitative estimate of drug-likeness (QED) is 0.566. The molecular formula is C25H29ClN4O2. The molecule has 4 rings (SSSR count). The molecule has 1 aromatic heterocycles. The average Bonchev–Trinajstić information content (AvgIpc) is 2.78. The molecule has 168 valence electrons. The fourth-order valence-corrected chi connectivity index (χ4v) is 4.24. The zero-order chi connectivity index (χ0) is 22.7. The number of fused-ring (bicyclic) bond motifs is 1. The number of halogens is 1. The number of piperazine rings is 1. The van der Waals surface area contributed by atoms with E-state index in [1.165, 1.54) is 5.56 Å². The van der Waals surface area contributed by atoms with Crippen LogP contribution in [0.15, 0.2) is 42.5 Å². The lowest BCUT2D eigenvalue weighted by molar-refractivity contribution is -0.117. The second-order valence-electron chi connectivity index (χ2n) is 8.34. The number of anilines is 1. The highest BCUT2D eigenvalue weighted by Gasteiger charge is 2.20. The highest BCUT2D eigenvalue weighted by atomic mass is 35.5. The summed E-state index contributed by atoms with van der Waals surface area (Å²) in [4.78, 5) is 21.6. The van der Waals surface area contributed by atoms with Crippen LogP contribution in [0.4, 0.5) is 5.69 Å². The van der Waals surface area contributed by atoms with E-state index in [2.05, 4.69) is 39.2 Å². The Balaban J connectivity index is 1.31. The third kappa shape index (κ3) is 5.21. The molecule has 0 atom stereocenters. The van der Waals surface area contributed by atoms with Crippen LogP contribution >= 0.6 is 11.6 Å². The van der Waals surface area contributed by atoms with Crippen molar-refractivity contribution in [3.05, 3.63) is 64.3 Å². The number of ether oxygens (including phenoxy) is 1. The van der Waals surface area contributed by atoms with Gasteiger partial charge in [0.25, 0.3) is 0 Å². The third-order valence-electron chi connectivity index (χ3n) is 6.16. The Hall–Kier alpha value is -2.67. The molecule has 1 N–H and O–H groups in total. The number of hydrogen-bond acceptors (Lipinski definition) is 5. The second-order valence-corrected chi connectivity index (χ2v) is 8.70. The summed E-state index contributed by atoms with van der Waals surface area (Å²) in [6.07, 6.45) is 0. The molecule has 1 aliphatic rings. The van der Waals surface area contributed by atoms with Crippen LogP contribution in [0.5, 0.6) is 5.75 Å². The largest absolute Gasteiger partial charge is 0.497 e. The zero-order valence-electron chi connectivity index (χ0n) is 18.8. The molecular weight excluding hydrogens is 424 g/mol. The van der Waals surface area contributed by atoms with Gasteiger partial charge in [0, 0.05) is 55.4 Å². The topological polar surface area (TPSA) is 57.7 Å². The van der Waals surface area contributed by atoms with Gasteiger partial charge < -0.3 is 10.1 Å². The number of aromatic nitrogens is 1. The number of nitrogens with one attached hydrogen (secondary N) is 1. The first-order valence-corrected chi connectivity index (χ1v) is 11.2. The van der Waals surface area contributed by atoms with E-state index in [9.17, 15) is 4.79 Å². The molecule has 0 spiro atoms. The molecule has 3 aromatic rings. The summed E-state index contributed by atoms with van der Waals surface area (Å²) in [5.41, 5.74) is 5.04. The van der Waals surface area contributed by atoms with Gasteiger partial charge in [0.1, 0.15) is 10.9 Å². The Morgan fingerprint density at radius 1 is 1.09 bits per heavy atom. The Morgan fingerprint density at radius 2 is 1.84 bits per heavy atom. The molecule has 0 saturated carbocycles. The Bertz CT molecular complexity index is 1130. The van der Waals surface area contributed by atoms with Crippen molar-refractivity contribution in [1.82, 2.24) is 14.8 Å². The summed E-state index contributed by atoms with van der Waals surface area (Å²) in [6, 6.07) is 13.9. The second kappa shape index (κ2) is 9.86. The van der Waals surface area contributed by atoms with E-state index in [1.54, 1.807) is 7.11 Å². The monoisotopic (exact) mass is 452 g/mol. The van der Waals surface area contributed by atoms with E-state index in [-0.39, 0.29) is 5.91 Å². The maximum absolute atomic E-state index is 12.5. The SMILES string of the molecule is COc1ccc2cc(CN3CCN(CC(=O)Nc4cccc(C)c4C)CC3)c(Cl)nc2c1. The van der Waals surface area contributed by atoms with Gasteiger partial charge in [-0.1, -0.05) is 23.7 Å². The summed E-state index contributed by atoms with van der Waals surface area (Å²) in [5.74, 6) is 0.802. The number of amides is 1. The molecule has 7 heteroatoms. The standard InChI is InChI=1S/C25H29ClN4O2/c1-17-5-4-6-22(18(17)2)27-24(31)16-30-11-9-29(10-12-30)15-20-13-19-7-8-21(32-3)14-23(19)28-25(20)26/h4-8,13-14H,9-12,15-16H2,1-3H3,(H,27,31). The molecule has 0 aliphatic carbocycles. The van der Waals surface area contributed by atoms with Gasteiger partial charge in [0.15, 0.2) is 0 Å². The van der Waals surface area contributed by atoms with Crippen molar-refractivity contribution < 1.29 is 9.53 Å². The molecule has 1 fully saturated rings. The van der Waals surface area contributed by atoms with Crippen LogP contribution in [-0.4, -0.2) is 60.5 Å². The minimum atomic E-state index is 0.0318. The van der Waals surface area contributed by atoms with Crippen molar-refractivity contribution in [3.63, 3.8) is 0 Å². The Kier molecular flexibility index (Phi) is 6.94. The number of benzene rings is 2. The maximum Gasteiger partial charge on any atom is 0.238 e. The molecule has 2 aromatic carbocycles. The number of pyridine rings is 1. The molecule has 32 heavy (non-hydrogen) atoms. The van der Waals surface area contributed by atoms with Crippen molar-refractivity contribution in [3.8, 4) is 5.75 Å². The van der Waals surface area contributed by atoms with E-state index in [0.29, 0.717) is 11.7 Å². The van der Waals surface area contributed by atoms with E-state index in [1.807, 2.05) is 37.3 Å². The molecule has 0 unspecified atom stereocenters. The van der Waals surface area contributed by atoms with E-state index in [0.717, 1.165) is 66.2 Å². The van der Waals surface area contributed by atoms with Gasteiger partial charge in [0.05, 0.1) is 19.2 Å². The third-order valence-corrected chi connectivity index (χ3v) is 6.48. The normalized spacial score (nSPS) is 15.1. The van der Waals surface area contributed by atoms with Crippen molar-refractivity contribution in [2.45, 2.75) is 20.4 Å². The predicted octanol–water partition coefficient (Wildman–Crippen LogP) is 4.27. The number of carbonyl (C=O) groups is 1. The van der Waals surface area contributed by atoms with Gasteiger partial charge in [-0.15, -0.1) is 0 Å². The fraction of sp³-hybridized carbons (Fsp3) is 0.360. The molecule has 6 nitrogen and oxygen atoms in total. The predicted molar refractivity (Wildman–Crippen MR) is 130 cm³/mol. The number of carbonyl (C=O) groups excluding carboxylic acids is 1. The van der Waals surface area contributed by atoms with Crippen LogP contribution < -0.4 is 10.1 Å². The van der Waals surface area contributed by atoms with Crippen molar-refractivity contribution in [2.24, 2.45) is 0 Å². The molecule has 0 radical (unpaired) electrons. The summed E-state index contributed by atoms with van der Waals surface area (Å²) < 4.78 is 5.27. The van der Waals surface area contributed by atoms with Crippen LogP contribution in [0, 0.1) is 13.8 Å². The first kappa shape index (κ1) is 22.5. The smallest absolute Gasteiger partial charge is 0.238 e. The Morgan fingerprint density at radius 3 is 2.59 bits per heavy atom. The van der Waals surface area contributed by atoms with Gasteiger partial charge in [-0.2, -0.15) is 0 Å². The number of methoxy groups -OCH3 is 1. The highest BCUT2D eigenvalue weighted by molar-refractivity contribution is 6.30. The van der Waals surface area contributed by atoms with Gasteiger partial charge in [0.2, 0.25) is 5.91 Å². The number of hydrogen-bond donors (Lipinski definition) is 1. The number of nitrogens with zero attached hydrogens (tertiary/aromatic N) is 3. The van der Waals surface area contributed by atoms with Gasteiger partial charge in [-0.3, -0.25) is 14.6 Å². The summed E-state index contributed by atoms with van der Waals surface area (Å²) in [5, 5.41) is 4.63. The van der Waals surface area contributed by atoms with E-state index < -0.39 is 0 Å². The average molecular weight is 453 g/mol. The molecule has 0 bridgehead atoms. The van der Waals surface area contributed by atoms with Crippen molar-refractivity contribution in [1.29, 1.82) is 0 Å².